The molecule has 5 nitrogen and oxygen atoms in total. The van der Waals surface area contributed by atoms with Crippen molar-refractivity contribution in [2.45, 2.75) is 0 Å². The predicted octanol–water partition coefficient (Wildman–Crippen LogP) is 2.42. The third-order valence-corrected chi connectivity index (χ3v) is 2.68. The van der Waals surface area contributed by atoms with Gasteiger partial charge in [0.05, 0.1) is 12.7 Å². The Morgan fingerprint density at radius 2 is 2.28 bits per heavy atom. The normalized spacial score (nSPS) is 10.7. The average molecular weight is 242 g/mol. The summed E-state index contributed by atoms with van der Waals surface area (Å²) in [4.78, 5) is 14.8. The molecule has 0 aromatic carbocycles. The fraction of sp³-hybridized carbons (Fsp3) is 0.0769. The fourth-order valence-corrected chi connectivity index (χ4v) is 1.80. The summed E-state index contributed by atoms with van der Waals surface area (Å²) in [5.74, 6) is 0.858. The van der Waals surface area contributed by atoms with Crippen LogP contribution in [-0.4, -0.2) is 22.8 Å². The number of hydrogen-bond donors (Lipinski definition) is 0. The van der Waals surface area contributed by atoms with Gasteiger partial charge in [-0.3, -0.25) is 4.79 Å². The number of nitrogens with zero attached hydrogens (tertiary/aromatic N) is 2. The van der Waals surface area contributed by atoms with Crippen LogP contribution in [0.3, 0.4) is 0 Å². The van der Waals surface area contributed by atoms with Gasteiger partial charge in [-0.25, -0.2) is 4.98 Å². The summed E-state index contributed by atoms with van der Waals surface area (Å²) < 4.78 is 12.2. The quantitative estimate of drug-likeness (QED) is 0.662. The van der Waals surface area contributed by atoms with Crippen molar-refractivity contribution < 1.29 is 13.9 Å². The molecule has 0 radical (unpaired) electrons. The molecular formula is C13H10N2O3. The number of carbonyl (C=O) groups is 1. The molecule has 0 aliphatic heterocycles. The lowest BCUT2D eigenvalue weighted by Crippen LogP contribution is -1.85. The molecule has 0 amide bonds. The predicted molar refractivity (Wildman–Crippen MR) is 64.8 cm³/mol. The number of aromatic nitrogens is 2. The smallest absolute Gasteiger partial charge is 0.305 e. The number of hydrogen-bond acceptors (Lipinski definition) is 4. The molecule has 0 bridgehead atoms. The lowest BCUT2D eigenvalue weighted by Gasteiger charge is -1.93. The number of aldehydes is 1. The number of oxazole rings is 1. The van der Waals surface area contributed by atoms with E-state index in [4.69, 9.17) is 9.15 Å². The zero-order chi connectivity index (χ0) is 12.5. The van der Waals surface area contributed by atoms with Crippen LogP contribution in [0.25, 0.3) is 17.0 Å². The van der Waals surface area contributed by atoms with E-state index in [-0.39, 0.29) is 0 Å². The zero-order valence-corrected chi connectivity index (χ0v) is 9.66. The van der Waals surface area contributed by atoms with Crippen molar-refractivity contribution in [2.24, 2.45) is 0 Å². The van der Waals surface area contributed by atoms with E-state index in [1.807, 2.05) is 22.7 Å². The number of rotatable bonds is 3. The summed E-state index contributed by atoms with van der Waals surface area (Å²) in [6.45, 7) is 0. The van der Waals surface area contributed by atoms with Crippen LogP contribution in [0.15, 0.2) is 41.2 Å². The van der Waals surface area contributed by atoms with Gasteiger partial charge < -0.3 is 13.6 Å². The highest BCUT2D eigenvalue weighted by Crippen LogP contribution is 2.25. The van der Waals surface area contributed by atoms with Crippen LogP contribution in [-0.2, 0) is 0 Å². The van der Waals surface area contributed by atoms with Gasteiger partial charge in [0, 0.05) is 23.5 Å². The second kappa shape index (κ2) is 4.03. The van der Waals surface area contributed by atoms with Crippen molar-refractivity contribution in [1.82, 2.24) is 9.38 Å². The van der Waals surface area contributed by atoms with Crippen LogP contribution in [0.5, 0.6) is 5.95 Å². The van der Waals surface area contributed by atoms with Crippen LogP contribution >= 0.6 is 0 Å². The molecule has 0 aliphatic carbocycles. The summed E-state index contributed by atoms with van der Waals surface area (Å²) in [5.41, 5.74) is 2.42. The molecule has 0 saturated carbocycles. The molecule has 0 saturated heterocycles. The number of carbonyl (C=O) groups excluding carboxylic acids is 1. The first-order valence-electron chi connectivity index (χ1n) is 5.37. The van der Waals surface area contributed by atoms with Gasteiger partial charge in [0.2, 0.25) is 5.89 Å². The van der Waals surface area contributed by atoms with Crippen LogP contribution in [0.2, 0.25) is 0 Å². The molecule has 5 heteroatoms. The Kier molecular flexibility index (Phi) is 2.37. The molecular weight excluding hydrogens is 232 g/mol. The van der Waals surface area contributed by atoms with Crippen molar-refractivity contribution in [3.8, 4) is 17.4 Å². The van der Waals surface area contributed by atoms with E-state index < -0.39 is 0 Å². The summed E-state index contributed by atoms with van der Waals surface area (Å²) in [7, 11) is 1.52. The molecule has 0 spiro atoms. The van der Waals surface area contributed by atoms with E-state index in [2.05, 4.69) is 4.98 Å². The highest BCUT2D eigenvalue weighted by atomic mass is 16.6. The Bertz CT molecular complexity index is 712. The van der Waals surface area contributed by atoms with Crippen molar-refractivity contribution in [3.05, 3.63) is 42.4 Å². The first-order chi connectivity index (χ1) is 8.80. The maximum absolute atomic E-state index is 10.7. The van der Waals surface area contributed by atoms with Gasteiger partial charge in [-0.2, -0.15) is 0 Å². The van der Waals surface area contributed by atoms with E-state index >= 15 is 0 Å². The summed E-state index contributed by atoms with van der Waals surface area (Å²) in [5, 5.41) is 0. The lowest BCUT2D eigenvalue weighted by atomic mass is 10.3. The summed E-state index contributed by atoms with van der Waals surface area (Å²) >= 11 is 0. The molecule has 90 valence electrons. The largest absolute Gasteiger partial charge is 0.467 e. The molecule has 3 rings (SSSR count). The SMILES string of the molecule is COc1cnc(-c2cc3ccc(C=O)cn3c2)o1. The topological polar surface area (TPSA) is 56.7 Å². The van der Waals surface area contributed by atoms with Crippen LogP contribution in [0.1, 0.15) is 10.4 Å². The lowest BCUT2D eigenvalue weighted by molar-refractivity contribution is 0.112. The highest BCUT2D eigenvalue weighted by Gasteiger charge is 2.09. The van der Waals surface area contributed by atoms with E-state index in [1.54, 1.807) is 12.3 Å². The van der Waals surface area contributed by atoms with Gasteiger partial charge in [-0.05, 0) is 18.2 Å². The average Bonchev–Trinajstić information content (AvgIpc) is 3.03. The summed E-state index contributed by atoms with van der Waals surface area (Å²) in [6.07, 6.45) is 5.95. The van der Waals surface area contributed by atoms with E-state index in [0.29, 0.717) is 17.4 Å². The van der Waals surface area contributed by atoms with Crippen molar-refractivity contribution in [3.63, 3.8) is 0 Å². The molecule has 3 aromatic rings. The molecule has 3 aromatic heterocycles. The Hall–Kier alpha value is -2.56. The van der Waals surface area contributed by atoms with E-state index in [9.17, 15) is 4.79 Å². The Morgan fingerprint density at radius 1 is 1.39 bits per heavy atom. The van der Waals surface area contributed by atoms with Crippen LogP contribution < -0.4 is 4.74 Å². The zero-order valence-electron chi connectivity index (χ0n) is 9.66. The van der Waals surface area contributed by atoms with Gasteiger partial charge in [-0.15, -0.1) is 0 Å². The molecule has 0 aliphatic rings. The van der Waals surface area contributed by atoms with Crippen molar-refractivity contribution in [2.75, 3.05) is 7.11 Å². The van der Waals surface area contributed by atoms with E-state index in [1.165, 1.54) is 13.3 Å². The molecule has 0 fully saturated rings. The highest BCUT2D eigenvalue weighted by molar-refractivity contribution is 5.76. The minimum Gasteiger partial charge on any atom is -0.467 e. The van der Waals surface area contributed by atoms with E-state index in [0.717, 1.165) is 17.4 Å². The molecule has 0 N–H and O–H groups in total. The van der Waals surface area contributed by atoms with Gasteiger partial charge in [-0.1, -0.05) is 0 Å². The number of ether oxygens (including phenoxy) is 1. The Labute approximate surface area is 103 Å². The van der Waals surface area contributed by atoms with Gasteiger partial charge in [0.15, 0.2) is 6.29 Å². The maximum Gasteiger partial charge on any atom is 0.305 e. The third kappa shape index (κ3) is 1.66. The maximum atomic E-state index is 10.7. The monoisotopic (exact) mass is 242 g/mol. The molecule has 0 atom stereocenters. The van der Waals surface area contributed by atoms with Gasteiger partial charge >= 0.3 is 5.95 Å². The molecule has 3 heterocycles. The van der Waals surface area contributed by atoms with Crippen molar-refractivity contribution >= 4 is 11.8 Å². The fourth-order valence-electron chi connectivity index (χ4n) is 1.80. The number of methoxy groups -OCH3 is 1. The van der Waals surface area contributed by atoms with Crippen LogP contribution in [0.4, 0.5) is 0 Å². The van der Waals surface area contributed by atoms with Crippen molar-refractivity contribution in [1.29, 1.82) is 0 Å². The first kappa shape index (κ1) is 10.6. The molecule has 0 unspecified atom stereocenters. The number of fused-ring (bicyclic) bond motifs is 1. The Balaban J connectivity index is 2.09. The molecule has 18 heavy (non-hydrogen) atoms. The van der Waals surface area contributed by atoms with Crippen LogP contribution in [0, 0.1) is 0 Å². The second-order valence-corrected chi connectivity index (χ2v) is 3.83. The van der Waals surface area contributed by atoms with Gasteiger partial charge in [0.1, 0.15) is 6.20 Å². The first-order valence-corrected chi connectivity index (χ1v) is 5.37. The second-order valence-electron chi connectivity index (χ2n) is 3.83. The third-order valence-electron chi connectivity index (χ3n) is 2.68. The number of pyridine rings is 1. The Morgan fingerprint density at radius 3 is 3.00 bits per heavy atom. The standard InChI is InChI=1S/C13H10N2O3/c1-17-12-5-14-13(18-12)10-4-11-3-2-9(8-16)6-15(11)7-10/h2-8H,1H3. The minimum atomic E-state index is 0.369. The minimum absolute atomic E-state index is 0.369. The van der Waals surface area contributed by atoms with Gasteiger partial charge in [0.25, 0.3) is 0 Å². The summed E-state index contributed by atoms with van der Waals surface area (Å²) in [6, 6.07) is 5.57.